The normalized spacial score (nSPS) is 20.7. The summed E-state index contributed by atoms with van der Waals surface area (Å²) in [6.45, 7) is 8.21. The molecule has 0 N–H and O–H groups in total. The molecule has 1 aromatic heterocycles. The topological polar surface area (TPSA) is 37.7 Å². The molecular weight excluding hydrogens is 394 g/mol. The summed E-state index contributed by atoms with van der Waals surface area (Å²) < 4.78 is 8.63. The summed E-state index contributed by atoms with van der Waals surface area (Å²) in [4.78, 5) is 17.2. The molecule has 0 unspecified atom stereocenters. The molecule has 0 spiro atoms. The van der Waals surface area contributed by atoms with E-state index in [1.807, 2.05) is 24.4 Å². The van der Waals surface area contributed by atoms with E-state index >= 15 is 0 Å². The van der Waals surface area contributed by atoms with Crippen molar-refractivity contribution < 1.29 is 4.74 Å². The molecule has 4 rings (SSSR count). The zero-order valence-corrected chi connectivity index (χ0v) is 16.7. The maximum absolute atomic E-state index is 12.1. The van der Waals surface area contributed by atoms with E-state index in [1.165, 1.54) is 19.4 Å². The molecule has 2 saturated heterocycles. The summed E-state index contributed by atoms with van der Waals surface area (Å²) in [5.41, 5.74) is 1.08. The van der Waals surface area contributed by atoms with Gasteiger partial charge in [-0.1, -0.05) is 6.07 Å². The van der Waals surface area contributed by atoms with Crippen LogP contribution in [0.2, 0.25) is 0 Å². The first-order valence-corrected chi connectivity index (χ1v) is 10.3. The van der Waals surface area contributed by atoms with Crippen LogP contribution in [-0.4, -0.2) is 60.3 Å². The molecule has 2 fully saturated rings. The number of rotatable bonds is 4. The molecule has 26 heavy (non-hydrogen) atoms. The number of aromatic nitrogens is 1. The van der Waals surface area contributed by atoms with Gasteiger partial charge in [-0.15, -0.1) is 0 Å². The predicted molar refractivity (Wildman–Crippen MR) is 107 cm³/mol. The molecule has 0 amide bonds. The first kappa shape index (κ1) is 18.2. The lowest BCUT2D eigenvalue weighted by Crippen LogP contribution is -2.43. The van der Waals surface area contributed by atoms with Crippen LogP contribution < -0.4 is 5.43 Å². The largest absolute Gasteiger partial charge is 0.379 e. The van der Waals surface area contributed by atoms with Gasteiger partial charge in [-0.05, 0) is 46.8 Å². The lowest BCUT2D eigenvalue weighted by atomic mass is 9.96. The first-order chi connectivity index (χ1) is 12.7. The van der Waals surface area contributed by atoms with Crippen molar-refractivity contribution in [1.82, 2.24) is 14.4 Å². The monoisotopic (exact) mass is 419 g/mol. The maximum Gasteiger partial charge on any atom is 0.189 e. The van der Waals surface area contributed by atoms with Crippen LogP contribution in [0, 0.1) is 5.92 Å². The van der Waals surface area contributed by atoms with Gasteiger partial charge in [0, 0.05) is 54.8 Å². The molecule has 2 aliphatic rings. The van der Waals surface area contributed by atoms with Crippen molar-refractivity contribution in [3.63, 3.8) is 0 Å². The fraction of sp³-hybridized carbons (Fsp3) is 0.550. The smallest absolute Gasteiger partial charge is 0.189 e. The highest BCUT2D eigenvalue weighted by Gasteiger charge is 2.22. The summed E-state index contributed by atoms with van der Waals surface area (Å²) in [6, 6.07) is 7.52. The number of piperidine rings is 1. The number of ether oxygens (including phenoxy) is 1. The van der Waals surface area contributed by atoms with E-state index in [4.69, 9.17) is 4.74 Å². The average molecular weight is 420 g/mol. The van der Waals surface area contributed by atoms with E-state index < -0.39 is 0 Å². The fourth-order valence-corrected chi connectivity index (χ4v) is 4.71. The second kappa shape index (κ2) is 8.21. The van der Waals surface area contributed by atoms with E-state index in [2.05, 4.69) is 30.3 Å². The van der Waals surface area contributed by atoms with Crippen LogP contribution in [0.4, 0.5) is 0 Å². The third-order valence-corrected chi connectivity index (χ3v) is 6.26. The zero-order valence-electron chi connectivity index (χ0n) is 15.1. The highest BCUT2D eigenvalue weighted by Crippen LogP contribution is 2.24. The van der Waals surface area contributed by atoms with Crippen molar-refractivity contribution in [2.45, 2.75) is 19.5 Å². The number of morpholine rings is 1. The third kappa shape index (κ3) is 4.03. The summed E-state index contributed by atoms with van der Waals surface area (Å²) in [5, 5.41) is 0.782. The number of halogens is 1. The molecule has 1 aromatic carbocycles. The Morgan fingerprint density at radius 3 is 2.58 bits per heavy atom. The van der Waals surface area contributed by atoms with Crippen molar-refractivity contribution >= 4 is 26.8 Å². The van der Waals surface area contributed by atoms with Crippen molar-refractivity contribution in [3.8, 4) is 0 Å². The van der Waals surface area contributed by atoms with Crippen LogP contribution in [-0.2, 0) is 11.4 Å². The molecule has 0 saturated carbocycles. The molecular formula is C20H26BrN3O2. The summed E-state index contributed by atoms with van der Waals surface area (Å²) in [5.74, 6) is 0.793. The van der Waals surface area contributed by atoms with Crippen LogP contribution in [0.1, 0.15) is 12.8 Å². The van der Waals surface area contributed by atoms with Crippen LogP contribution in [0.25, 0.3) is 10.9 Å². The minimum Gasteiger partial charge on any atom is -0.379 e. The highest BCUT2D eigenvalue weighted by atomic mass is 79.9. The van der Waals surface area contributed by atoms with Crippen LogP contribution in [0.3, 0.4) is 0 Å². The number of para-hydroxylation sites is 1. The Morgan fingerprint density at radius 2 is 1.81 bits per heavy atom. The Balaban J connectivity index is 1.40. The second-order valence-corrected chi connectivity index (χ2v) is 8.26. The van der Waals surface area contributed by atoms with E-state index in [9.17, 15) is 4.79 Å². The molecule has 0 aliphatic carbocycles. The molecule has 2 aromatic rings. The van der Waals surface area contributed by atoms with Gasteiger partial charge in [0.15, 0.2) is 5.43 Å². The van der Waals surface area contributed by atoms with Gasteiger partial charge in [0.1, 0.15) is 0 Å². The van der Waals surface area contributed by atoms with Gasteiger partial charge in [0.25, 0.3) is 0 Å². The fourth-order valence-electron chi connectivity index (χ4n) is 4.12. The molecule has 5 nitrogen and oxygen atoms in total. The highest BCUT2D eigenvalue weighted by molar-refractivity contribution is 9.10. The van der Waals surface area contributed by atoms with Crippen LogP contribution >= 0.6 is 15.9 Å². The van der Waals surface area contributed by atoms with Gasteiger partial charge in [0.05, 0.1) is 25.4 Å². The standard InChI is InChI=1S/C20H26BrN3O2/c21-18-3-1-2-17-19(25)6-9-24(20(17)18)15-23-7-4-16(5-8-23)14-22-10-12-26-13-11-22/h1-3,6,9,16H,4-5,7-8,10-15H2. The lowest BCUT2D eigenvalue weighted by molar-refractivity contribution is 0.0232. The minimum absolute atomic E-state index is 0.0850. The predicted octanol–water partition coefficient (Wildman–Crippen LogP) is 2.77. The Labute approximate surface area is 162 Å². The molecule has 0 bridgehead atoms. The van der Waals surface area contributed by atoms with Gasteiger partial charge < -0.3 is 9.30 Å². The second-order valence-electron chi connectivity index (χ2n) is 7.40. The number of hydrogen-bond acceptors (Lipinski definition) is 4. The first-order valence-electron chi connectivity index (χ1n) is 9.51. The number of benzene rings is 1. The van der Waals surface area contributed by atoms with Crippen molar-refractivity contribution in [2.75, 3.05) is 45.9 Å². The van der Waals surface area contributed by atoms with Gasteiger partial charge in [-0.2, -0.15) is 0 Å². The minimum atomic E-state index is 0.0850. The lowest BCUT2D eigenvalue weighted by Gasteiger charge is -2.36. The molecule has 0 atom stereocenters. The molecule has 6 heteroatoms. The van der Waals surface area contributed by atoms with Crippen molar-refractivity contribution in [2.24, 2.45) is 5.92 Å². The quantitative estimate of drug-likeness (QED) is 0.763. The van der Waals surface area contributed by atoms with Gasteiger partial charge in [-0.25, -0.2) is 0 Å². The number of nitrogens with zero attached hydrogens (tertiary/aromatic N) is 3. The van der Waals surface area contributed by atoms with Crippen molar-refractivity contribution in [1.29, 1.82) is 0 Å². The Hall–Kier alpha value is -1.21. The van der Waals surface area contributed by atoms with Gasteiger partial charge >= 0.3 is 0 Å². The Morgan fingerprint density at radius 1 is 1.04 bits per heavy atom. The molecule has 2 aliphatic heterocycles. The van der Waals surface area contributed by atoms with E-state index in [-0.39, 0.29) is 5.43 Å². The summed E-state index contributed by atoms with van der Waals surface area (Å²) in [7, 11) is 0. The van der Waals surface area contributed by atoms with Crippen molar-refractivity contribution in [3.05, 3.63) is 45.2 Å². The molecule has 3 heterocycles. The zero-order chi connectivity index (χ0) is 17.9. The Bertz CT molecular complexity index is 808. The SMILES string of the molecule is O=c1ccn(CN2CCC(CN3CCOCC3)CC2)c2c(Br)cccc12. The Kier molecular flexibility index (Phi) is 5.74. The average Bonchev–Trinajstić information content (AvgIpc) is 2.67. The van der Waals surface area contributed by atoms with Gasteiger partial charge in [0.2, 0.25) is 0 Å². The summed E-state index contributed by atoms with van der Waals surface area (Å²) in [6.07, 6.45) is 4.42. The van der Waals surface area contributed by atoms with Crippen LogP contribution in [0.15, 0.2) is 39.7 Å². The third-order valence-electron chi connectivity index (χ3n) is 5.62. The van der Waals surface area contributed by atoms with E-state index in [0.29, 0.717) is 0 Å². The number of fused-ring (bicyclic) bond motifs is 1. The molecule has 0 radical (unpaired) electrons. The number of hydrogen-bond donors (Lipinski definition) is 0. The van der Waals surface area contributed by atoms with Crippen LogP contribution in [0.5, 0.6) is 0 Å². The van der Waals surface area contributed by atoms with Gasteiger partial charge in [-0.3, -0.25) is 14.6 Å². The molecule has 140 valence electrons. The summed E-state index contributed by atoms with van der Waals surface area (Å²) >= 11 is 3.62. The number of pyridine rings is 1. The van der Waals surface area contributed by atoms with E-state index in [0.717, 1.165) is 67.4 Å². The van der Waals surface area contributed by atoms with E-state index in [1.54, 1.807) is 6.07 Å². The maximum atomic E-state index is 12.1. The number of likely N-dealkylation sites (tertiary alicyclic amines) is 1.